The smallest absolute Gasteiger partial charge is 0.401 e. The van der Waals surface area contributed by atoms with Gasteiger partial charge in [-0.1, -0.05) is 6.08 Å². The van der Waals surface area contributed by atoms with Crippen molar-refractivity contribution in [3.8, 4) is 0 Å². The number of hydrogen-bond acceptors (Lipinski definition) is 2. The summed E-state index contributed by atoms with van der Waals surface area (Å²) in [6.45, 7) is 0.262. The first-order chi connectivity index (χ1) is 6.22. The van der Waals surface area contributed by atoms with Crippen molar-refractivity contribution in [3.63, 3.8) is 0 Å². The SMILES string of the molecule is CC(=CCN(C)CC(F)(F)F)C(=O)O. The van der Waals surface area contributed by atoms with Gasteiger partial charge in [0, 0.05) is 12.1 Å². The molecule has 0 unspecified atom stereocenters. The Bertz CT molecular complexity index is 235. The molecule has 0 atom stereocenters. The molecule has 0 saturated heterocycles. The van der Waals surface area contributed by atoms with Crippen molar-refractivity contribution in [3.05, 3.63) is 11.6 Å². The first-order valence-electron chi connectivity index (χ1n) is 3.87. The standard InChI is InChI=1S/C8H12F3NO2/c1-6(7(13)14)3-4-12(2)5-8(9,10)11/h3H,4-5H2,1-2H3,(H,13,14). The fourth-order valence-electron chi connectivity index (χ4n) is 0.751. The van der Waals surface area contributed by atoms with Crippen molar-refractivity contribution < 1.29 is 23.1 Å². The van der Waals surface area contributed by atoms with E-state index in [2.05, 4.69) is 0 Å². The van der Waals surface area contributed by atoms with Gasteiger partial charge in [0.05, 0.1) is 6.54 Å². The minimum atomic E-state index is -4.25. The van der Waals surface area contributed by atoms with Crippen LogP contribution < -0.4 is 0 Å². The highest BCUT2D eigenvalue weighted by atomic mass is 19.4. The van der Waals surface area contributed by atoms with Crippen LogP contribution in [0.5, 0.6) is 0 Å². The molecule has 0 aromatic heterocycles. The second-order valence-electron chi connectivity index (χ2n) is 3.00. The molecule has 0 amide bonds. The minimum Gasteiger partial charge on any atom is -0.478 e. The lowest BCUT2D eigenvalue weighted by molar-refractivity contribution is -0.141. The Hall–Kier alpha value is -1.04. The van der Waals surface area contributed by atoms with Gasteiger partial charge in [-0.05, 0) is 14.0 Å². The van der Waals surface area contributed by atoms with Crippen molar-refractivity contribution >= 4 is 5.97 Å². The summed E-state index contributed by atoms with van der Waals surface area (Å²) in [4.78, 5) is 11.3. The largest absolute Gasteiger partial charge is 0.478 e. The molecule has 0 heterocycles. The summed E-state index contributed by atoms with van der Waals surface area (Å²) < 4.78 is 35.4. The molecule has 0 aromatic rings. The molecule has 0 rings (SSSR count). The van der Waals surface area contributed by atoms with Crippen molar-refractivity contribution in [2.45, 2.75) is 13.1 Å². The van der Waals surface area contributed by atoms with E-state index in [-0.39, 0.29) is 12.1 Å². The Labute approximate surface area is 79.8 Å². The number of carbonyl (C=O) groups is 1. The molecule has 0 radical (unpaired) electrons. The van der Waals surface area contributed by atoms with Crippen molar-refractivity contribution in [2.75, 3.05) is 20.1 Å². The molecule has 0 aromatic carbocycles. The molecule has 14 heavy (non-hydrogen) atoms. The van der Waals surface area contributed by atoms with E-state index in [1.54, 1.807) is 0 Å². The van der Waals surface area contributed by atoms with Gasteiger partial charge >= 0.3 is 12.1 Å². The summed E-state index contributed by atoms with van der Waals surface area (Å²) in [7, 11) is 1.28. The average molecular weight is 211 g/mol. The minimum absolute atomic E-state index is 0.0301. The lowest BCUT2D eigenvalue weighted by Gasteiger charge is -2.16. The molecular formula is C8H12F3NO2. The van der Waals surface area contributed by atoms with Crippen LogP contribution in [0.15, 0.2) is 11.6 Å². The number of nitrogens with zero attached hydrogens (tertiary/aromatic N) is 1. The van der Waals surface area contributed by atoms with Crippen LogP contribution >= 0.6 is 0 Å². The molecule has 0 aliphatic carbocycles. The summed E-state index contributed by atoms with van der Waals surface area (Å²) >= 11 is 0. The van der Waals surface area contributed by atoms with Gasteiger partial charge in [-0.3, -0.25) is 4.90 Å². The first-order valence-corrected chi connectivity index (χ1v) is 3.87. The van der Waals surface area contributed by atoms with Gasteiger partial charge in [0.25, 0.3) is 0 Å². The Balaban J connectivity index is 4.03. The third-order valence-corrected chi connectivity index (χ3v) is 1.50. The van der Waals surface area contributed by atoms with Gasteiger partial charge in [-0.15, -0.1) is 0 Å². The zero-order valence-electron chi connectivity index (χ0n) is 7.93. The molecule has 0 spiro atoms. The number of hydrogen-bond donors (Lipinski definition) is 1. The molecule has 3 nitrogen and oxygen atoms in total. The second-order valence-corrected chi connectivity index (χ2v) is 3.00. The lowest BCUT2D eigenvalue weighted by Crippen LogP contribution is -2.31. The summed E-state index contributed by atoms with van der Waals surface area (Å²) in [5.41, 5.74) is 0.0408. The molecule has 0 bridgehead atoms. The van der Waals surface area contributed by atoms with E-state index >= 15 is 0 Å². The van der Waals surface area contributed by atoms with E-state index in [1.807, 2.05) is 0 Å². The van der Waals surface area contributed by atoms with E-state index in [0.717, 1.165) is 4.90 Å². The van der Waals surface area contributed by atoms with Crippen molar-refractivity contribution in [1.29, 1.82) is 0 Å². The average Bonchev–Trinajstić information content (AvgIpc) is 1.96. The number of likely N-dealkylation sites (N-methyl/N-ethyl adjacent to an activating group) is 1. The first kappa shape index (κ1) is 13.0. The van der Waals surface area contributed by atoms with E-state index in [9.17, 15) is 18.0 Å². The van der Waals surface area contributed by atoms with Crippen LogP contribution in [0.4, 0.5) is 13.2 Å². The molecule has 0 aliphatic heterocycles. The van der Waals surface area contributed by atoms with Crippen LogP contribution in [-0.2, 0) is 4.79 Å². The monoisotopic (exact) mass is 211 g/mol. The Morgan fingerprint density at radius 3 is 2.36 bits per heavy atom. The van der Waals surface area contributed by atoms with E-state index in [1.165, 1.54) is 20.0 Å². The third kappa shape index (κ3) is 6.47. The van der Waals surface area contributed by atoms with E-state index in [0.29, 0.717) is 0 Å². The number of rotatable bonds is 4. The van der Waals surface area contributed by atoms with Gasteiger partial charge < -0.3 is 5.11 Å². The highest BCUT2D eigenvalue weighted by Gasteiger charge is 2.28. The topological polar surface area (TPSA) is 40.5 Å². The molecular weight excluding hydrogens is 199 g/mol. The van der Waals surface area contributed by atoms with Crippen LogP contribution in [0, 0.1) is 0 Å². The highest BCUT2D eigenvalue weighted by Crippen LogP contribution is 2.15. The Morgan fingerprint density at radius 1 is 1.50 bits per heavy atom. The maximum absolute atomic E-state index is 11.8. The quantitative estimate of drug-likeness (QED) is 0.716. The van der Waals surface area contributed by atoms with Crippen molar-refractivity contribution in [2.24, 2.45) is 0 Å². The van der Waals surface area contributed by atoms with Crippen LogP contribution in [0.25, 0.3) is 0 Å². The van der Waals surface area contributed by atoms with Crippen LogP contribution in [0.1, 0.15) is 6.92 Å². The maximum atomic E-state index is 11.8. The fraction of sp³-hybridized carbons (Fsp3) is 0.625. The molecule has 1 N–H and O–H groups in total. The lowest BCUT2D eigenvalue weighted by atomic mass is 10.3. The number of alkyl halides is 3. The third-order valence-electron chi connectivity index (χ3n) is 1.50. The number of carboxylic acids is 1. The number of halogens is 3. The predicted molar refractivity (Wildman–Crippen MR) is 44.9 cm³/mol. The molecule has 0 aliphatic rings. The molecule has 0 fully saturated rings. The number of aliphatic carboxylic acids is 1. The summed E-state index contributed by atoms with van der Waals surface area (Å²) in [6, 6.07) is 0. The molecule has 82 valence electrons. The van der Waals surface area contributed by atoms with Gasteiger partial charge in [-0.2, -0.15) is 13.2 Å². The maximum Gasteiger partial charge on any atom is 0.401 e. The zero-order valence-corrected chi connectivity index (χ0v) is 7.93. The Morgan fingerprint density at radius 2 is 2.00 bits per heavy atom. The number of carboxylic acid groups (broad SMARTS) is 1. The van der Waals surface area contributed by atoms with E-state index < -0.39 is 18.7 Å². The second kappa shape index (κ2) is 4.99. The van der Waals surface area contributed by atoms with Crippen molar-refractivity contribution in [1.82, 2.24) is 4.90 Å². The van der Waals surface area contributed by atoms with Crippen LogP contribution in [0.2, 0.25) is 0 Å². The van der Waals surface area contributed by atoms with E-state index in [4.69, 9.17) is 5.11 Å². The normalized spacial score (nSPS) is 13.4. The van der Waals surface area contributed by atoms with Crippen LogP contribution in [0.3, 0.4) is 0 Å². The highest BCUT2D eigenvalue weighted by molar-refractivity contribution is 5.85. The zero-order chi connectivity index (χ0) is 11.4. The van der Waals surface area contributed by atoms with Gasteiger partial charge in [0.15, 0.2) is 0 Å². The summed E-state index contributed by atoms with van der Waals surface area (Å²) in [6.07, 6.45) is -3.01. The van der Waals surface area contributed by atoms with Gasteiger partial charge in [0.2, 0.25) is 0 Å². The molecule has 6 heteroatoms. The van der Waals surface area contributed by atoms with Gasteiger partial charge in [-0.25, -0.2) is 4.79 Å². The van der Waals surface area contributed by atoms with Gasteiger partial charge in [0.1, 0.15) is 0 Å². The Kier molecular flexibility index (Phi) is 4.62. The predicted octanol–water partition coefficient (Wildman–Crippen LogP) is 1.51. The summed E-state index contributed by atoms with van der Waals surface area (Å²) in [5, 5.41) is 8.42. The summed E-state index contributed by atoms with van der Waals surface area (Å²) in [5.74, 6) is -1.12. The fourth-order valence-corrected chi connectivity index (χ4v) is 0.751. The molecule has 0 saturated carbocycles. The van der Waals surface area contributed by atoms with Crippen LogP contribution in [-0.4, -0.2) is 42.3 Å².